The molecule has 0 bridgehead atoms. The number of H-pyrrole nitrogens is 1. The highest BCUT2D eigenvalue weighted by Gasteiger charge is 2.34. The van der Waals surface area contributed by atoms with Crippen LogP contribution in [0.15, 0.2) is 45.8 Å². The Morgan fingerprint density at radius 1 is 1.17 bits per heavy atom. The van der Waals surface area contributed by atoms with E-state index in [0.717, 1.165) is 22.0 Å². The Bertz CT molecular complexity index is 1420. The number of furan rings is 1. The minimum Gasteiger partial charge on any atom is -0.459 e. The average molecular weight is 492 g/mol. The van der Waals surface area contributed by atoms with Crippen molar-refractivity contribution in [3.63, 3.8) is 0 Å². The van der Waals surface area contributed by atoms with Crippen LogP contribution in [0.5, 0.6) is 0 Å². The number of hydrogen-bond donors (Lipinski definition) is 1. The fourth-order valence-corrected chi connectivity index (χ4v) is 4.78. The van der Waals surface area contributed by atoms with E-state index in [0.29, 0.717) is 56.5 Å². The van der Waals surface area contributed by atoms with Gasteiger partial charge in [0.2, 0.25) is 0 Å². The average Bonchev–Trinajstić information content (AvgIpc) is 3.59. The molecule has 1 N–H and O–H groups in total. The van der Waals surface area contributed by atoms with Gasteiger partial charge in [-0.3, -0.25) is 14.5 Å². The fourth-order valence-electron chi connectivity index (χ4n) is 4.78. The second kappa shape index (κ2) is 10.0. The molecule has 1 aromatic carbocycles. The normalized spacial score (nSPS) is 15.5. The number of fused-ring (bicyclic) bond motifs is 1. The van der Waals surface area contributed by atoms with Gasteiger partial charge in [0.25, 0.3) is 11.5 Å². The van der Waals surface area contributed by atoms with E-state index < -0.39 is 6.04 Å². The lowest BCUT2D eigenvalue weighted by atomic mass is 9.99. The van der Waals surface area contributed by atoms with Gasteiger partial charge in [-0.15, -0.1) is 5.10 Å². The summed E-state index contributed by atoms with van der Waals surface area (Å²) in [6.07, 6.45) is 1.50. The molecular weight excluding hydrogens is 462 g/mol. The maximum atomic E-state index is 13.5. The summed E-state index contributed by atoms with van der Waals surface area (Å²) < 4.78 is 12.2. The molecule has 1 aliphatic rings. The standard InChI is InChI=1S/C25H29N7O4/c1-16-6-7-17(2)21-18(16)15-19(24(33)26-21)22(23-27-28-29-32(23)12-14-35-3)30-8-10-31(11-9-30)25(34)20-5-4-13-36-20/h4-7,13,15,22H,8-12,14H2,1-3H3,(H,26,33)/t22-/m1/s1. The molecule has 36 heavy (non-hydrogen) atoms. The second-order valence-electron chi connectivity index (χ2n) is 9.00. The van der Waals surface area contributed by atoms with Gasteiger partial charge in [0.05, 0.1) is 24.9 Å². The molecule has 1 fully saturated rings. The number of benzene rings is 1. The predicted octanol–water partition coefficient (Wildman–Crippen LogP) is 1.92. The third kappa shape index (κ3) is 4.42. The Labute approximate surface area is 207 Å². The third-order valence-corrected chi connectivity index (χ3v) is 6.78. The minimum absolute atomic E-state index is 0.143. The van der Waals surface area contributed by atoms with Gasteiger partial charge in [0.1, 0.15) is 6.04 Å². The molecule has 5 rings (SSSR count). The van der Waals surface area contributed by atoms with E-state index >= 15 is 0 Å². The number of carbonyl (C=O) groups is 1. The summed E-state index contributed by atoms with van der Waals surface area (Å²) in [5.41, 5.74) is 3.29. The molecule has 11 nitrogen and oxygen atoms in total. The van der Waals surface area contributed by atoms with Gasteiger partial charge in [-0.05, 0) is 53.6 Å². The molecule has 0 radical (unpaired) electrons. The Hall–Kier alpha value is -3.83. The molecule has 1 saturated heterocycles. The number of carbonyl (C=O) groups excluding carboxylic acids is 1. The molecule has 0 unspecified atom stereocenters. The SMILES string of the molecule is COCCn1nnnc1[C@@H](c1cc2c(C)ccc(C)c2[nH]c1=O)N1CCN(C(=O)c2ccco2)CC1. The van der Waals surface area contributed by atoms with Gasteiger partial charge >= 0.3 is 0 Å². The first-order valence-corrected chi connectivity index (χ1v) is 11.9. The van der Waals surface area contributed by atoms with Crippen molar-refractivity contribution in [3.8, 4) is 0 Å². The summed E-state index contributed by atoms with van der Waals surface area (Å²) in [4.78, 5) is 33.3. The summed E-state index contributed by atoms with van der Waals surface area (Å²) in [6.45, 7) is 6.95. The monoisotopic (exact) mass is 491 g/mol. The van der Waals surface area contributed by atoms with E-state index in [1.54, 1.807) is 28.8 Å². The number of hydrogen-bond acceptors (Lipinski definition) is 8. The molecule has 0 aliphatic carbocycles. The lowest BCUT2D eigenvalue weighted by molar-refractivity contribution is 0.0557. The topological polar surface area (TPSA) is 122 Å². The zero-order valence-electron chi connectivity index (χ0n) is 20.6. The highest BCUT2D eigenvalue weighted by molar-refractivity contribution is 5.91. The summed E-state index contributed by atoms with van der Waals surface area (Å²) in [5, 5.41) is 13.4. The van der Waals surface area contributed by atoms with E-state index in [-0.39, 0.29) is 11.5 Å². The minimum atomic E-state index is -0.495. The molecule has 4 aromatic rings. The number of nitrogens with one attached hydrogen (secondary N) is 1. The van der Waals surface area contributed by atoms with Gasteiger partial charge in [-0.2, -0.15) is 0 Å². The van der Waals surface area contributed by atoms with Crippen molar-refractivity contribution in [1.82, 2.24) is 35.0 Å². The largest absolute Gasteiger partial charge is 0.459 e. The zero-order chi connectivity index (χ0) is 25.2. The quantitative estimate of drug-likeness (QED) is 0.416. The number of amides is 1. The van der Waals surface area contributed by atoms with Crippen LogP contribution in [0.25, 0.3) is 10.9 Å². The second-order valence-corrected chi connectivity index (χ2v) is 9.00. The maximum absolute atomic E-state index is 13.5. The van der Waals surface area contributed by atoms with E-state index in [4.69, 9.17) is 9.15 Å². The van der Waals surface area contributed by atoms with Crippen LogP contribution in [0.3, 0.4) is 0 Å². The highest BCUT2D eigenvalue weighted by atomic mass is 16.5. The van der Waals surface area contributed by atoms with E-state index in [1.165, 1.54) is 6.26 Å². The number of tetrazole rings is 1. The smallest absolute Gasteiger partial charge is 0.289 e. The molecule has 0 saturated carbocycles. The van der Waals surface area contributed by atoms with Gasteiger partial charge in [0.15, 0.2) is 11.6 Å². The van der Waals surface area contributed by atoms with Gasteiger partial charge in [-0.1, -0.05) is 12.1 Å². The van der Waals surface area contributed by atoms with Crippen LogP contribution < -0.4 is 5.56 Å². The van der Waals surface area contributed by atoms with Crippen LogP contribution in [0.4, 0.5) is 0 Å². The van der Waals surface area contributed by atoms with Crippen LogP contribution in [0, 0.1) is 13.8 Å². The number of aromatic nitrogens is 5. The number of pyridine rings is 1. The van der Waals surface area contributed by atoms with Crippen LogP contribution >= 0.6 is 0 Å². The number of nitrogens with zero attached hydrogens (tertiary/aromatic N) is 6. The van der Waals surface area contributed by atoms with Crippen molar-refractivity contribution in [3.05, 3.63) is 75.2 Å². The first-order chi connectivity index (χ1) is 17.5. The van der Waals surface area contributed by atoms with Crippen LogP contribution in [-0.2, 0) is 11.3 Å². The van der Waals surface area contributed by atoms with Crippen molar-refractivity contribution >= 4 is 16.8 Å². The van der Waals surface area contributed by atoms with Crippen LogP contribution in [0.2, 0.25) is 0 Å². The summed E-state index contributed by atoms with van der Waals surface area (Å²) >= 11 is 0. The summed E-state index contributed by atoms with van der Waals surface area (Å²) in [6, 6.07) is 8.89. The van der Waals surface area contributed by atoms with Crippen LogP contribution in [-0.4, -0.2) is 80.8 Å². The van der Waals surface area contributed by atoms with Crippen molar-refractivity contribution < 1.29 is 13.9 Å². The summed E-state index contributed by atoms with van der Waals surface area (Å²) in [7, 11) is 1.62. The lowest BCUT2D eigenvalue weighted by Gasteiger charge is -2.38. The summed E-state index contributed by atoms with van der Waals surface area (Å²) in [5.74, 6) is 0.740. The van der Waals surface area contributed by atoms with Gasteiger partial charge in [-0.25, -0.2) is 4.68 Å². The lowest BCUT2D eigenvalue weighted by Crippen LogP contribution is -2.50. The van der Waals surface area contributed by atoms with Crippen molar-refractivity contribution in [2.75, 3.05) is 39.9 Å². The molecule has 1 aliphatic heterocycles. The molecule has 3 aromatic heterocycles. The number of rotatable bonds is 7. The first kappa shape index (κ1) is 23.9. The molecule has 188 valence electrons. The molecule has 4 heterocycles. The molecular formula is C25H29N7O4. The number of piperazine rings is 1. The van der Waals surface area contributed by atoms with Gasteiger partial charge in [0, 0.05) is 44.2 Å². The predicted molar refractivity (Wildman–Crippen MR) is 132 cm³/mol. The third-order valence-electron chi connectivity index (χ3n) is 6.78. The highest BCUT2D eigenvalue weighted by Crippen LogP contribution is 2.29. The first-order valence-electron chi connectivity index (χ1n) is 11.9. The number of ether oxygens (including phenoxy) is 1. The van der Waals surface area contributed by atoms with Crippen molar-refractivity contribution in [2.24, 2.45) is 0 Å². The fraction of sp³-hybridized carbons (Fsp3) is 0.400. The van der Waals surface area contributed by atoms with E-state index in [9.17, 15) is 9.59 Å². The number of aryl methyl sites for hydroxylation is 2. The number of aromatic amines is 1. The Morgan fingerprint density at radius 3 is 2.67 bits per heavy atom. The van der Waals surface area contributed by atoms with Crippen LogP contribution in [0.1, 0.15) is 39.1 Å². The van der Waals surface area contributed by atoms with Crippen molar-refractivity contribution in [1.29, 1.82) is 0 Å². The molecule has 0 spiro atoms. The zero-order valence-corrected chi connectivity index (χ0v) is 20.6. The van der Waals surface area contributed by atoms with E-state index in [2.05, 4.69) is 31.5 Å². The van der Waals surface area contributed by atoms with Gasteiger partial charge < -0.3 is 19.0 Å². The maximum Gasteiger partial charge on any atom is 0.289 e. The van der Waals surface area contributed by atoms with E-state index in [1.807, 2.05) is 26.0 Å². The Morgan fingerprint density at radius 2 is 1.94 bits per heavy atom. The Balaban J connectivity index is 1.53. The molecule has 1 atom stereocenters. The molecule has 11 heteroatoms. The Kier molecular flexibility index (Phi) is 6.66. The number of methoxy groups -OCH3 is 1. The molecule has 1 amide bonds. The van der Waals surface area contributed by atoms with Crippen molar-refractivity contribution in [2.45, 2.75) is 26.4 Å².